The highest BCUT2D eigenvalue weighted by Crippen LogP contribution is 2.07. The third-order valence-corrected chi connectivity index (χ3v) is 2.83. The molecule has 0 aliphatic heterocycles. The molecular formula is C16H27N3O. The van der Waals surface area contributed by atoms with E-state index in [4.69, 9.17) is 4.74 Å². The molecular weight excluding hydrogens is 250 g/mol. The van der Waals surface area contributed by atoms with E-state index in [0.717, 1.165) is 25.5 Å². The van der Waals surface area contributed by atoms with Crippen molar-refractivity contribution in [1.82, 2.24) is 10.6 Å². The van der Waals surface area contributed by atoms with Crippen molar-refractivity contribution in [1.29, 1.82) is 0 Å². The lowest BCUT2D eigenvalue weighted by Gasteiger charge is -2.12. The average Bonchev–Trinajstić information content (AvgIpc) is 2.46. The first-order chi connectivity index (χ1) is 9.65. The predicted octanol–water partition coefficient (Wildman–Crippen LogP) is 2.69. The molecule has 4 heteroatoms. The maximum Gasteiger partial charge on any atom is 0.191 e. The van der Waals surface area contributed by atoms with Crippen LogP contribution in [0.25, 0.3) is 0 Å². The van der Waals surface area contributed by atoms with Gasteiger partial charge in [-0.15, -0.1) is 0 Å². The maximum absolute atomic E-state index is 5.58. The molecule has 0 saturated carbocycles. The van der Waals surface area contributed by atoms with Gasteiger partial charge in [0.15, 0.2) is 5.96 Å². The highest BCUT2D eigenvalue weighted by molar-refractivity contribution is 5.79. The fourth-order valence-electron chi connectivity index (χ4n) is 1.67. The summed E-state index contributed by atoms with van der Waals surface area (Å²) in [5, 5.41) is 6.55. The van der Waals surface area contributed by atoms with Gasteiger partial charge in [0.2, 0.25) is 0 Å². The van der Waals surface area contributed by atoms with Crippen molar-refractivity contribution in [3.8, 4) is 0 Å². The summed E-state index contributed by atoms with van der Waals surface area (Å²) in [7, 11) is 1.79. The van der Waals surface area contributed by atoms with Gasteiger partial charge in [0.05, 0.1) is 12.7 Å². The number of hydrogen-bond donors (Lipinski definition) is 2. The zero-order valence-corrected chi connectivity index (χ0v) is 13.1. The minimum absolute atomic E-state index is 0.268. The van der Waals surface area contributed by atoms with E-state index in [1.54, 1.807) is 7.05 Å². The number of benzene rings is 1. The van der Waals surface area contributed by atoms with Crippen molar-refractivity contribution in [2.75, 3.05) is 13.6 Å². The summed E-state index contributed by atoms with van der Waals surface area (Å²) >= 11 is 0. The normalized spacial score (nSPS) is 11.8. The quantitative estimate of drug-likeness (QED) is 0.595. The SMILES string of the molecule is CCCNC(=NC)NCc1ccc(COC(C)C)cc1. The molecule has 0 aliphatic carbocycles. The Morgan fingerprint density at radius 3 is 2.35 bits per heavy atom. The highest BCUT2D eigenvalue weighted by atomic mass is 16.5. The Balaban J connectivity index is 2.41. The fourth-order valence-corrected chi connectivity index (χ4v) is 1.67. The van der Waals surface area contributed by atoms with Gasteiger partial charge in [-0.2, -0.15) is 0 Å². The van der Waals surface area contributed by atoms with Gasteiger partial charge in [-0.05, 0) is 31.4 Å². The largest absolute Gasteiger partial charge is 0.374 e. The number of guanidine groups is 1. The lowest BCUT2D eigenvalue weighted by Crippen LogP contribution is -2.37. The van der Waals surface area contributed by atoms with Gasteiger partial charge in [-0.25, -0.2) is 0 Å². The Kier molecular flexibility index (Phi) is 7.73. The minimum atomic E-state index is 0.268. The van der Waals surface area contributed by atoms with Crippen LogP contribution in [0.3, 0.4) is 0 Å². The number of nitrogens with one attached hydrogen (secondary N) is 2. The van der Waals surface area contributed by atoms with E-state index in [2.05, 4.69) is 46.8 Å². The van der Waals surface area contributed by atoms with E-state index >= 15 is 0 Å². The summed E-state index contributed by atoms with van der Waals surface area (Å²) in [5.74, 6) is 0.846. The van der Waals surface area contributed by atoms with Crippen LogP contribution >= 0.6 is 0 Å². The van der Waals surface area contributed by atoms with Crippen LogP contribution in [0.2, 0.25) is 0 Å². The van der Waals surface area contributed by atoms with Crippen LogP contribution in [0.4, 0.5) is 0 Å². The van der Waals surface area contributed by atoms with Crippen LogP contribution < -0.4 is 10.6 Å². The van der Waals surface area contributed by atoms with E-state index in [9.17, 15) is 0 Å². The van der Waals surface area contributed by atoms with E-state index in [-0.39, 0.29) is 6.10 Å². The molecule has 0 fully saturated rings. The van der Waals surface area contributed by atoms with Gasteiger partial charge < -0.3 is 15.4 Å². The van der Waals surface area contributed by atoms with Crippen molar-refractivity contribution in [2.45, 2.75) is 46.4 Å². The van der Waals surface area contributed by atoms with E-state index in [0.29, 0.717) is 6.61 Å². The van der Waals surface area contributed by atoms with Crippen LogP contribution in [0.5, 0.6) is 0 Å². The molecule has 0 atom stereocenters. The summed E-state index contributed by atoms with van der Waals surface area (Å²) in [6.45, 7) is 8.61. The Hall–Kier alpha value is -1.55. The standard InChI is InChI=1S/C16H27N3O/c1-5-10-18-16(17-4)19-11-14-6-8-15(9-7-14)12-20-13(2)3/h6-9,13H,5,10-12H2,1-4H3,(H2,17,18,19). The van der Waals surface area contributed by atoms with Crippen molar-refractivity contribution in [2.24, 2.45) is 4.99 Å². The van der Waals surface area contributed by atoms with E-state index < -0.39 is 0 Å². The summed E-state index contributed by atoms with van der Waals surface area (Å²) in [5.41, 5.74) is 2.44. The molecule has 1 aromatic rings. The molecule has 0 saturated heterocycles. The van der Waals surface area contributed by atoms with Crippen LogP contribution in [-0.2, 0) is 17.9 Å². The summed E-state index contributed by atoms with van der Waals surface area (Å²) < 4.78 is 5.58. The minimum Gasteiger partial charge on any atom is -0.374 e. The Bertz CT molecular complexity index is 399. The fraction of sp³-hybridized carbons (Fsp3) is 0.562. The van der Waals surface area contributed by atoms with Crippen molar-refractivity contribution < 1.29 is 4.74 Å². The number of ether oxygens (including phenoxy) is 1. The van der Waals surface area contributed by atoms with Gasteiger partial charge >= 0.3 is 0 Å². The molecule has 0 amide bonds. The molecule has 2 N–H and O–H groups in total. The van der Waals surface area contributed by atoms with Gasteiger partial charge in [0, 0.05) is 20.1 Å². The third-order valence-electron chi connectivity index (χ3n) is 2.83. The predicted molar refractivity (Wildman–Crippen MR) is 84.9 cm³/mol. The zero-order valence-electron chi connectivity index (χ0n) is 13.1. The number of aliphatic imine (C=N–C) groups is 1. The smallest absolute Gasteiger partial charge is 0.191 e. The molecule has 0 aliphatic rings. The van der Waals surface area contributed by atoms with Crippen LogP contribution in [0, 0.1) is 0 Å². The summed E-state index contributed by atoms with van der Waals surface area (Å²) in [6, 6.07) is 8.47. The zero-order chi connectivity index (χ0) is 14.8. The monoisotopic (exact) mass is 277 g/mol. The molecule has 0 unspecified atom stereocenters. The molecule has 0 aromatic heterocycles. The first-order valence-electron chi connectivity index (χ1n) is 7.29. The van der Waals surface area contributed by atoms with Gasteiger partial charge in [0.1, 0.15) is 0 Å². The second-order valence-electron chi connectivity index (χ2n) is 5.03. The second kappa shape index (κ2) is 9.37. The molecule has 20 heavy (non-hydrogen) atoms. The number of rotatable bonds is 7. The Morgan fingerprint density at radius 1 is 1.15 bits per heavy atom. The molecule has 0 spiro atoms. The van der Waals surface area contributed by atoms with E-state index in [1.165, 1.54) is 11.1 Å². The molecule has 0 bridgehead atoms. The third kappa shape index (κ3) is 6.57. The number of hydrogen-bond acceptors (Lipinski definition) is 2. The first kappa shape index (κ1) is 16.5. The first-order valence-corrected chi connectivity index (χ1v) is 7.29. The lowest BCUT2D eigenvalue weighted by atomic mass is 10.1. The maximum atomic E-state index is 5.58. The van der Waals surface area contributed by atoms with Gasteiger partial charge in [-0.1, -0.05) is 31.2 Å². The van der Waals surface area contributed by atoms with Crippen LogP contribution in [0.15, 0.2) is 29.3 Å². The topological polar surface area (TPSA) is 45.7 Å². The molecule has 4 nitrogen and oxygen atoms in total. The highest BCUT2D eigenvalue weighted by Gasteiger charge is 1.99. The molecule has 1 rings (SSSR count). The molecule has 0 heterocycles. The van der Waals surface area contributed by atoms with Gasteiger partial charge in [-0.3, -0.25) is 4.99 Å². The van der Waals surface area contributed by atoms with Crippen molar-refractivity contribution in [3.63, 3.8) is 0 Å². The Morgan fingerprint density at radius 2 is 1.80 bits per heavy atom. The number of nitrogens with zero attached hydrogens (tertiary/aromatic N) is 1. The summed E-state index contributed by atoms with van der Waals surface area (Å²) in [4.78, 5) is 4.18. The van der Waals surface area contributed by atoms with Gasteiger partial charge in [0.25, 0.3) is 0 Å². The van der Waals surface area contributed by atoms with Crippen LogP contribution in [0.1, 0.15) is 38.3 Å². The summed E-state index contributed by atoms with van der Waals surface area (Å²) in [6.07, 6.45) is 1.36. The molecule has 0 radical (unpaired) electrons. The lowest BCUT2D eigenvalue weighted by molar-refractivity contribution is 0.0657. The van der Waals surface area contributed by atoms with E-state index in [1.807, 2.05) is 13.8 Å². The Labute approximate surface area is 122 Å². The second-order valence-corrected chi connectivity index (χ2v) is 5.03. The van der Waals surface area contributed by atoms with Crippen molar-refractivity contribution >= 4 is 5.96 Å². The molecule has 1 aromatic carbocycles. The van der Waals surface area contributed by atoms with Crippen LogP contribution in [-0.4, -0.2) is 25.7 Å². The van der Waals surface area contributed by atoms with Crippen molar-refractivity contribution in [3.05, 3.63) is 35.4 Å². The molecule has 112 valence electrons. The average molecular weight is 277 g/mol.